The average molecular weight is 347 g/mol. The summed E-state index contributed by atoms with van der Waals surface area (Å²) in [6.07, 6.45) is -1.83. The number of carbonyl (C=O) groups excluding carboxylic acids is 1. The van der Waals surface area contributed by atoms with Crippen LogP contribution in [0.4, 0.5) is 13.2 Å². The second-order valence-corrected chi connectivity index (χ2v) is 7.04. The van der Waals surface area contributed by atoms with Crippen molar-refractivity contribution in [2.24, 2.45) is 5.73 Å². The largest absolute Gasteiger partial charge is 0.416 e. The van der Waals surface area contributed by atoms with E-state index in [2.05, 4.69) is 6.92 Å². The van der Waals surface area contributed by atoms with Gasteiger partial charge in [0.15, 0.2) is 0 Å². The van der Waals surface area contributed by atoms with E-state index in [0.717, 1.165) is 17.7 Å². The normalized spacial score (nSPS) is 17.1. The molecule has 1 aliphatic carbocycles. The molecule has 1 unspecified atom stereocenters. The van der Waals surface area contributed by atoms with E-state index in [1.54, 1.807) is 0 Å². The van der Waals surface area contributed by atoms with Crippen LogP contribution < -0.4 is 5.73 Å². The first-order chi connectivity index (χ1) is 11.7. The van der Waals surface area contributed by atoms with Crippen molar-refractivity contribution in [2.45, 2.75) is 43.7 Å². The second-order valence-electron chi connectivity index (χ2n) is 7.04. The van der Waals surface area contributed by atoms with Crippen molar-refractivity contribution in [2.75, 3.05) is 0 Å². The van der Waals surface area contributed by atoms with Gasteiger partial charge in [-0.05, 0) is 47.4 Å². The fraction of sp³-hybridized carbons (Fsp3) is 0.350. The molecule has 0 spiro atoms. The maximum Gasteiger partial charge on any atom is 0.416 e. The van der Waals surface area contributed by atoms with Crippen molar-refractivity contribution < 1.29 is 18.0 Å². The second kappa shape index (κ2) is 6.21. The van der Waals surface area contributed by atoms with Crippen LogP contribution in [-0.4, -0.2) is 5.91 Å². The van der Waals surface area contributed by atoms with Gasteiger partial charge in [-0.3, -0.25) is 4.79 Å². The molecule has 5 heteroatoms. The van der Waals surface area contributed by atoms with Gasteiger partial charge in [0, 0.05) is 0 Å². The van der Waals surface area contributed by atoms with Gasteiger partial charge in [-0.15, -0.1) is 0 Å². The Balaban J connectivity index is 1.83. The van der Waals surface area contributed by atoms with Gasteiger partial charge in [-0.2, -0.15) is 13.2 Å². The zero-order chi connectivity index (χ0) is 18.2. The van der Waals surface area contributed by atoms with Crippen molar-refractivity contribution in [3.63, 3.8) is 0 Å². The third-order valence-electron chi connectivity index (χ3n) is 5.05. The van der Waals surface area contributed by atoms with Gasteiger partial charge in [0.1, 0.15) is 0 Å². The molecule has 0 bridgehead atoms. The molecule has 0 aliphatic heterocycles. The molecule has 2 nitrogen and oxygen atoms in total. The number of benzene rings is 2. The average Bonchev–Trinajstić information content (AvgIpc) is 3.31. The first kappa shape index (κ1) is 17.5. The summed E-state index contributed by atoms with van der Waals surface area (Å²) in [5.74, 6) is -1.41. The minimum atomic E-state index is -4.44. The number of hydrogen-bond acceptors (Lipinski definition) is 1. The molecular weight excluding hydrogens is 327 g/mol. The lowest BCUT2D eigenvalue weighted by Gasteiger charge is -2.17. The van der Waals surface area contributed by atoms with E-state index in [1.807, 2.05) is 24.3 Å². The molecule has 0 saturated heterocycles. The highest BCUT2D eigenvalue weighted by Gasteiger charge is 2.38. The predicted octanol–water partition coefficient (Wildman–Crippen LogP) is 4.57. The highest BCUT2D eigenvalue weighted by atomic mass is 19.4. The number of alkyl halides is 3. The zero-order valence-corrected chi connectivity index (χ0v) is 13.9. The van der Waals surface area contributed by atoms with Crippen molar-refractivity contribution in [1.82, 2.24) is 0 Å². The number of primary amides is 1. The summed E-state index contributed by atoms with van der Waals surface area (Å²) in [6, 6.07) is 12.8. The predicted molar refractivity (Wildman–Crippen MR) is 90.1 cm³/mol. The van der Waals surface area contributed by atoms with E-state index < -0.39 is 23.6 Å². The zero-order valence-electron chi connectivity index (χ0n) is 13.9. The molecule has 25 heavy (non-hydrogen) atoms. The van der Waals surface area contributed by atoms with Crippen LogP contribution in [0.1, 0.15) is 47.9 Å². The first-order valence-electron chi connectivity index (χ1n) is 8.25. The van der Waals surface area contributed by atoms with Crippen LogP contribution >= 0.6 is 0 Å². The standard InChI is InChI=1S/C20H20F3NO/c1-19(9-10-19)15-7-5-13(6-8-15)11-17(18(24)25)14-3-2-4-16(12-14)20(21,22)23/h2-8,12,17H,9-11H2,1H3,(H2,24,25). The van der Waals surface area contributed by atoms with Crippen LogP contribution in [0.25, 0.3) is 0 Å². The number of carbonyl (C=O) groups is 1. The lowest BCUT2D eigenvalue weighted by Crippen LogP contribution is -2.23. The molecule has 1 amide bonds. The molecule has 2 aromatic rings. The van der Waals surface area contributed by atoms with Gasteiger partial charge in [0.05, 0.1) is 11.5 Å². The van der Waals surface area contributed by atoms with Gasteiger partial charge < -0.3 is 5.73 Å². The van der Waals surface area contributed by atoms with Gasteiger partial charge in [-0.25, -0.2) is 0 Å². The fourth-order valence-electron chi connectivity index (χ4n) is 3.07. The van der Waals surface area contributed by atoms with Gasteiger partial charge >= 0.3 is 6.18 Å². The molecule has 0 heterocycles. The summed E-state index contributed by atoms with van der Waals surface area (Å²) >= 11 is 0. The monoisotopic (exact) mass is 347 g/mol. The lowest BCUT2D eigenvalue weighted by molar-refractivity contribution is -0.137. The SMILES string of the molecule is CC1(c2ccc(CC(C(N)=O)c3cccc(C(F)(F)F)c3)cc2)CC1. The summed E-state index contributed by atoms with van der Waals surface area (Å²) in [7, 11) is 0. The Morgan fingerprint density at radius 3 is 2.32 bits per heavy atom. The van der Waals surface area contributed by atoms with Crippen molar-refractivity contribution in [1.29, 1.82) is 0 Å². The van der Waals surface area contributed by atoms with Crippen molar-refractivity contribution in [3.8, 4) is 0 Å². The quantitative estimate of drug-likeness (QED) is 0.846. The highest BCUT2D eigenvalue weighted by molar-refractivity contribution is 5.82. The Labute approximate surface area is 144 Å². The van der Waals surface area contributed by atoms with Crippen LogP contribution in [0.5, 0.6) is 0 Å². The summed E-state index contributed by atoms with van der Waals surface area (Å²) in [4.78, 5) is 11.8. The smallest absolute Gasteiger partial charge is 0.369 e. The minimum absolute atomic E-state index is 0.253. The molecule has 3 rings (SSSR count). The molecule has 1 saturated carbocycles. The molecule has 1 fully saturated rings. The van der Waals surface area contributed by atoms with E-state index in [9.17, 15) is 18.0 Å². The Hall–Kier alpha value is -2.30. The minimum Gasteiger partial charge on any atom is -0.369 e. The molecule has 1 aliphatic rings. The van der Waals surface area contributed by atoms with E-state index in [-0.39, 0.29) is 11.8 Å². The third-order valence-corrected chi connectivity index (χ3v) is 5.05. The maximum atomic E-state index is 12.9. The molecule has 132 valence electrons. The molecule has 2 aromatic carbocycles. The lowest BCUT2D eigenvalue weighted by atomic mass is 9.89. The molecular formula is C20H20F3NO. The van der Waals surface area contributed by atoms with Gasteiger partial charge in [0.2, 0.25) is 5.91 Å². The van der Waals surface area contributed by atoms with Crippen LogP contribution in [-0.2, 0) is 22.8 Å². The summed E-state index contributed by atoms with van der Waals surface area (Å²) in [6.45, 7) is 2.21. The molecule has 0 aromatic heterocycles. The highest BCUT2D eigenvalue weighted by Crippen LogP contribution is 2.47. The van der Waals surface area contributed by atoms with Gasteiger partial charge in [-0.1, -0.05) is 49.4 Å². The number of amides is 1. The number of nitrogens with two attached hydrogens (primary N) is 1. The molecule has 2 N–H and O–H groups in total. The fourth-order valence-corrected chi connectivity index (χ4v) is 3.07. The van der Waals surface area contributed by atoms with Gasteiger partial charge in [0.25, 0.3) is 0 Å². The van der Waals surface area contributed by atoms with Crippen LogP contribution in [0, 0.1) is 0 Å². The summed E-state index contributed by atoms with van der Waals surface area (Å²) in [5.41, 5.74) is 7.38. The summed E-state index contributed by atoms with van der Waals surface area (Å²) in [5, 5.41) is 0. The van der Waals surface area contributed by atoms with E-state index >= 15 is 0 Å². The van der Waals surface area contributed by atoms with E-state index in [4.69, 9.17) is 5.73 Å². The van der Waals surface area contributed by atoms with Crippen molar-refractivity contribution >= 4 is 5.91 Å². The number of hydrogen-bond donors (Lipinski definition) is 1. The molecule has 1 atom stereocenters. The number of halogens is 3. The van der Waals surface area contributed by atoms with E-state index in [1.165, 1.54) is 30.5 Å². The Morgan fingerprint density at radius 2 is 1.80 bits per heavy atom. The Bertz CT molecular complexity index is 776. The Kier molecular flexibility index (Phi) is 4.35. The van der Waals surface area contributed by atoms with Crippen molar-refractivity contribution in [3.05, 3.63) is 70.8 Å². The third kappa shape index (κ3) is 3.86. The van der Waals surface area contributed by atoms with Crippen LogP contribution in [0.15, 0.2) is 48.5 Å². The van der Waals surface area contributed by atoms with Crippen LogP contribution in [0.2, 0.25) is 0 Å². The Morgan fingerprint density at radius 1 is 1.16 bits per heavy atom. The summed E-state index contributed by atoms with van der Waals surface area (Å²) < 4.78 is 38.7. The topological polar surface area (TPSA) is 43.1 Å². The van der Waals surface area contributed by atoms with E-state index in [0.29, 0.717) is 5.56 Å². The molecule has 0 radical (unpaired) electrons. The van der Waals surface area contributed by atoms with Crippen LogP contribution in [0.3, 0.4) is 0 Å². The maximum absolute atomic E-state index is 12.9. The first-order valence-corrected chi connectivity index (χ1v) is 8.25. The number of rotatable bonds is 5.